The van der Waals surface area contributed by atoms with Gasteiger partial charge in [0.25, 0.3) is 0 Å². The van der Waals surface area contributed by atoms with Gasteiger partial charge < -0.3 is 13.9 Å². The molecular formula is C21H23F3N4O2. The second kappa shape index (κ2) is 8.14. The number of hydrogen-bond acceptors (Lipinski definition) is 4. The molecule has 6 nitrogen and oxygen atoms in total. The van der Waals surface area contributed by atoms with Gasteiger partial charge in [-0.25, -0.2) is 4.79 Å². The molecular weight excluding hydrogens is 397 g/mol. The van der Waals surface area contributed by atoms with Crippen molar-refractivity contribution >= 4 is 10.9 Å². The number of likely N-dealkylation sites (tertiary alicyclic amines) is 1. The molecule has 4 rings (SSSR count). The summed E-state index contributed by atoms with van der Waals surface area (Å²) in [6.45, 7) is 1.19. The van der Waals surface area contributed by atoms with Crippen molar-refractivity contribution in [1.29, 1.82) is 0 Å². The molecule has 0 amide bonds. The van der Waals surface area contributed by atoms with Gasteiger partial charge in [0.2, 0.25) is 0 Å². The van der Waals surface area contributed by atoms with Crippen LogP contribution in [0.5, 0.6) is 5.75 Å². The number of fused-ring (bicyclic) bond motifs is 1. The SMILES string of the molecule is Cn1ccc(CN2CCC(Oc3cccc4c3ccn4CC(F)(F)F)CC2)nc1=O. The Labute approximate surface area is 171 Å². The summed E-state index contributed by atoms with van der Waals surface area (Å²) in [5.74, 6) is 0.611. The number of nitrogens with zero attached hydrogens (tertiary/aromatic N) is 4. The maximum absolute atomic E-state index is 12.8. The fourth-order valence-corrected chi connectivity index (χ4v) is 3.81. The summed E-state index contributed by atoms with van der Waals surface area (Å²) < 4.78 is 47.1. The van der Waals surface area contributed by atoms with Crippen molar-refractivity contribution in [3.63, 3.8) is 0 Å². The van der Waals surface area contributed by atoms with E-state index in [1.165, 1.54) is 15.3 Å². The maximum atomic E-state index is 12.8. The molecule has 0 atom stereocenters. The molecule has 0 N–H and O–H groups in total. The molecule has 3 heterocycles. The molecule has 0 saturated carbocycles. The minimum Gasteiger partial charge on any atom is -0.490 e. The molecule has 0 bridgehead atoms. The van der Waals surface area contributed by atoms with Crippen LogP contribution < -0.4 is 10.4 Å². The highest BCUT2D eigenvalue weighted by molar-refractivity contribution is 5.86. The Hall–Kier alpha value is -2.81. The Kier molecular flexibility index (Phi) is 5.55. The maximum Gasteiger partial charge on any atom is 0.406 e. The molecule has 30 heavy (non-hydrogen) atoms. The van der Waals surface area contributed by atoms with Gasteiger partial charge in [-0.05, 0) is 37.1 Å². The number of piperidine rings is 1. The summed E-state index contributed by atoms with van der Waals surface area (Å²) >= 11 is 0. The van der Waals surface area contributed by atoms with Gasteiger partial charge in [0, 0.05) is 44.5 Å². The van der Waals surface area contributed by atoms with Crippen molar-refractivity contribution in [2.45, 2.75) is 38.2 Å². The van der Waals surface area contributed by atoms with E-state index in [0.29, 0.717) is 23.2 Å². The van der Waals surface area contributed by atoms with Crippen molar-refractivity contribution < 1.29 is 17.9 Å². The lowest BCUT2D eigenvalue weighted by molar-refractivity contribution is -0.139. The second-order valence-electron chi connectivity index (χ2n) is 7.65. The normalized spacial score (nSPS) is 16.3. The largest absolute Gasteiger partial charge is 0.490 e. The van der Waals surface area contributed by atoms with E-state index in [9.17, 15) is 18.0 Å². The van der Waals surface area contributed by atoms with Crippen LogP contribution >= 0.6 is 0 Å². The Morgan fingerprint density at radius 3 is 2.60 bits per heavy atom. The van der Waals surface area contributed by atoms with Crippen molar-refractivity contribution in [2.24, 2.45) is 7.05 Å². The minimum absolute atomic E-state index is 0.00517. The van der Waals surface area contributed by atoms with Gasteiger partial charge in [0.1, 0.15) is 18.4 Å². The van der Waals surface area contributed by atoms with E-state index in [4.69, 9.17) is 4.74 Å². The quantitative estimate of drug-likeness (QED) is 0.635. The van der Waals surface area contributed by atoms with Crippen molar-refractivity contribution in [1.82, 2.24) is 19.0 Å². The summed E-state index contributed by atoms with van der Waals surface area (Å²) in [6, 6.07) is 8.72. The molecule has 0 unspecified atom stereocenters. The standard InChI is InChI=1S/C21H23F3N4O2/c1-26-9-5-15(25-20(26)29)13-27-10-6-16(7-11-27)30-19-4-2-3-18-17(19)8-12-28(18)14-21(22,23)24/h2-5,8-9,12,16H,6-7,10-11,13-14H2,1H3. The first-order chi connectivity index (χ1) is 14.3. The van der Waals surface area contributed by atoms with E-state index in [-0.39, 0.29) is 11.8 Å². The number of hydrogen-bond donors (Lipinski definition) is 0. The highest BCUT2D eigenvalue weighted by atomic mass is 19.4. The third-order valence-electron chi connectivity index (χ3n) is 5.37. The average Bonchev–Trinajstić information content (AvgIpc) is 3.09. The molecule has 3 aromatic rings. The predicted molar refractivity (Wildman–Crippen MR) is 106 cm³/mol. The molecule has 1 fully saturated rings. The van der Waals surface area contributed by atoms with Crippen LogP contribution in [-0.2, 0) is 20.1 Å². The van der Waals surface area contributed by atoms with E-state index >= 15 is 0 Å². The summed E-state index contributed by atoms with van der Waals surface area (Å²) in [5.41, 5.74) is 0.989. The monoisotopic (exact) mass is 420 g/mol. The summed E-state index contributed by atoms with van der Waals surface area (Å²) in [5, 5.41) is 0.688. The van der Waals surface area contributed by atoms with Crippen molar-refractivity contribution in [2.75, 3.05) is 13.1 Å². The lowest BCUT2D eigenvalue weighted by atomic mass is 10.1. The number of ether oxygens (including phenoxy) is 1. The van der Waals surface area contributed by atoms with Crippen LogP contribution in [0.2, 0.25) is 0 Å². The van der Waals surface area contributed by atoms with Crippen LogP contribution in [0.25, 0.3) is 10.9 Å². The van der Waals surface area contributed by atoms with E-state index in [2.05, 4.69) is 9.88 Å². The van der Waals surface area contributed by atoms with Gasteiger partial charge >= 0.3 is 11.9 Å². The van der Waals surface area contributed by atoms with Crippen LogP contribution in [0.15, 0.2) is 47.5 Å². The van der Waals surface area contributed by atoms with Crippen LogP contribution in [0.3, 0.4) is 0 Å². The molecule has 2 aromatic heterocycles. The number of alkyl halides is 3. The fourth-order valence-electron chi connectivity index (χ4n) is 3.81. The van der Waals surface area contributed by atoms with E-state index < -0.39 is 12.7 Å². The first-order valence-corrected chi connectivity index (χ1v) is 9.85. The zero-order valence-corrected chi connectivity index (χ0v) is 16.6. The lowest BCUT2D eigenvalue weighted by Crippen LogP contribution is -2.38. The lowest BCUT2D eigenvalue weighted by Gasteiger charge is -2.32. The number of aromatic nitrogens is 3. The second-order valence-corrected chi connectivity index (χ2v) is 7.65. The molecule has 0 aliphatic carbocycles. The molecule has 0 radical (unpaired) electrons. The van der Waals surface area contributed by atoms with E-state index in [0.717, 1.165) is 31.6 Å². The number of rotatable bonds is 5. The fraction of sp³-hybridized carbons (Fsp3) is 0.429. The van der Waals surface area contributed by atoms with Crippen molar-refractivity contribution in [3.05, 3.63) is 58.9 Å². The van der Waals surface area contributed by atoms with Crippen LogP contribution in [0.1, 0.15) is 18.5 Å². The van der Waals surface area contributed by atoms with E-state index in [1.54, 1.807) is 37.5 Å². The summed E-state index contributed by atoms with van der Waals surface area (Å²) in [4.78, 5) is 18.0. The van der Waals surface area contributed by atoms with Crippen molar-refractivity contribution in [3.8, 4) is 5.75 Å². The van der Waals surface area contributed by atoms with E-state index in [1.807, 2.05) is 6.07 Å². The zero-order chi connectivity index (χ0) is 21.3. The van der Waals surface area contributed by atoms with Gasteiger partial charge in [-0.2, -0.15) is 18.2 Å². The third kappa shape index (κ3) is 4.67. The number of benzene rings is 1. The van der Waals surface area contributed by atoms with Gasteiger partial charge in [0.15, 0.2) is 0 Å². The predicted octanol–water partition coefficient (Wildman–Crippen LogP) is 3.34. The third-order valence-corrected chi connectivity index (χ3v) is 5.37. The number of halogens is 3. The van der Waals surface area contributed by atoms with Crippen LogP contribution in [-0.4, -0.2) is 44.4 Å². The minimum atomic E-state index is -4.27. The Morgan fingerprint density at radius 2 is 1.90 bits per heavy atom. The molecule has 1 aliphatic rings. The summed E-state index contributed by atoms with van der Waals surface area (Å²) in [7, 11) is 1.67. The van der Waals surface area contributed by atoms with Gasteiger partial charge in [0.05, 0.1) is 11.2 Å². The van der Waals surface area contributed by atoms with Crippen LogP contribution in [0, 0.1) is 0 Å². The highest BCUT2D eigenvalue weighted by Crippen LogP contribution is 2.31. The van der Waals surface area contributed by atoms with Gasteiger partial charge in [-0.15, -0.1) is 0 Å². The summed E-state index contributed by atoms with van der Waals surface area (Å²) in [6.07, 6.45) is 0.480. The van der Waals surface area contributed by atoms with Crippen LogP contribution in [0.4, 0.5) is 13.2 Å². The topological polar surface area (TPSA) is 52.3 Å². The highest BCUT2D eigenvalue weighted by Gasteiger charge is 2.28. The Bertz CT molecular complexity index is 1080. The first-order valence-electron chi connectivity index (χ1n) is 9.85. The first kappa shape index (κ1) is 20.5. The number of aryl methyl sites for hydroxylation is 1. The molecule has 0 spiro atoms. The van der Waals surface area contributed by atoms with Gasteiger partial charge in [-0.1, -0.05) is 6.07 Å². The Morgan fingerprint density at radius 1 is 1.13 bits per heavy atom. The molecule has 160 valence electrons. The zero-order valence-electron chi connectivity index (χ0n) is 16.6. The molecule has 1 aromatic carbocycles. The molecule has 1 aliphatic heterocycles. The smallest absolute Gasteiger partial charge is 0.406 e. The van der Waals surface area contributed by atoms with Gasteiger partial charge in [-0.3, -0.25) is 4.90 Å². The molecule has 9 heteroatoms. The molecule has 1 saturated heterocycles. The Balaban J connectivity index is 1.38. The average molecular weight is 420 g/mol.